The van der Waals surface area contributed by atoms with E-state index in [1.165, 1.54) is 6.42 Å². The number of likely N-dealkylation sites (tertiary alicyclic amines) is 1. The lowest BCUT2D eigenvalue weighted by Crippen LogP contribution is -2.42. The van der Waals surface area contributed by atoms with E-state index < -0.39 is 0 Å². The van der Waals surface area contributed by atoms with Crippen LogP contribution < -0.4 is 5.32 Å². The molecule has 5 heteroatoms. The van der Waals surface area contributed by atoms with Gasteiger partial charge in [0.2, 0.25) is 0 Å². The van der Waals surface area contributed by atoms with Crippen LogP contribution in [0.2, 0.25) is 0 Å². The van der Waals surface area contributed by atoms with Gasteiger partial charge in [0.05, 0.1) is 0 Å². The number of aromatic amines is 1. The molecule has 1 aliphatic heterocycles. The molecule has 0 aliphatic carbocycles. The van der Waals surface area contributed by atoms with Gasteiger partial charge in [-0.3, -0.25) is 9.89 Å². The lowest BCUT2D eigenvalue weighted by atomic mass is 9.92. The first-order valence-corrected chi connectivity index (χ1v) is 7.07. The van der Waals surface area contributed by atoms with Gasteiger partial charge in [-0.05, 0) is 31.2 Å². The van der Waals surface area contributed by atoms with E-state index in [2.05, 4.69) is 34.3 Å². The van der Waals surface area contributed by atoms with Crippen molar-refractivity contribution in [2.24, 2.45) is 11.8 Å². The Hall–Kier alpha value is -1.36. The topological polar surface area (TPSA) is 61.0 Å². The lowest BCUT2D eigenvalue weighted by Gasteiger charge is -2.34. The molecular weight excluding hydrogens is 240 g/mol. The molecule has 0 aromatic carbocycles. The highest BCUT2D eigenvalue weighted by Crippen LogP contribution is 2.20. The van der Waals surface area contributed by atoms with E-state index in [0.29, 0.717) is 12.2 Å². The second kappa shape index (κ2) is 6.19. The smallest absolute Gasteiger partial charge is 0.271 e. The summed E-state index contributed by atoms with van der Waals surface area (Å²) in [6.07, 6.45) is 1.31. The van der Waals surface area contributed by atoms with Crippen LogP contribution in [-0.2, 0) is 0 Å². The molecule has 19 heavy (non-hydrogen) atoms. The fourth-order valence-corrected chi connectivity index (χ4v) is 2.93. The Bertz CT molecular complexity index is 419. The van der Waals surface area contributed by atoms with Crippen LogP contribution in [0.25, 0.3) is 0 Å². The van der Waals surface area contributed by atoms with Gasteiger partial charge < -0.3 is 10.2 Å². The number of carbonyl (C=O) groups excluding carboxylic acids is 1. The van der Waals surface area contributed by atoms with E-state index >= 15 is 0 Å². The maximum Gasteiger partial charge on any atom is 0.271 e. The lowest BCUT2D eigenvalue weighted by molar-refractivity contribution is 0.0931. The van der Waals surface area contributed by atoms with Crippen LogP contribution in [0.5, 0.6) is 0 Å². The van der Waals surface area contributed by atoms with Crippen molar-refractivity contribution in [3.05, 3.63) is 17.5 Å². The molecule has 1 aliphatic rings. The van der Waals surface area contributed by atoms with Crippen molar-refractivity contribution in [3.63, 3.8) is 0 Å². The Morgan fingerprint density at radius 3 is 2.74 bits per heavy atom. The minimum Gasteiger partial charge on any atom is -0.349 e. The molecule has 2 rings (SSSR count). The molecule has 0 unspecified atom stereocenters. The molecule has 1 fully saturated rings. The predicted molar refractivity (Wildman–Crippen MR) is 75.0 cm³/mol. The molecule has 1 aromatic heterocycles. The van der Waals surface area contributed by atoms with Gasteiger partial charge in [-0.25, -0.2) is 0 Å². The van der Waals surface area contributed by atoms with Crippen LogP contribution in [-0.4, -0.2) is 47.2 Å². The first-order valence-electron chi connectivity index (χ1n) is 7.07. The maximum atomic E-state index is 11.8. The highest BCUT2D eigenvalue weighted by atomic mass is 16.1. The molecule has 1 aromatic rings. The largest absolute Gasteiger partial charge is 0.349 e. The van der Waals surface area contributed by atoms with Gasteiger partial charge in [0.1, 0.15) is 5.69 Å². The standard InChI is InChI=1S/C14H24N4O/c1-10-6-11(2)9-18(8-10)5-4-15-14(19)13-7-12(3)16-17-13/h7,10-11H,4-6,8-9H2,1-3H3,(H,15,19)(H,16,17)/t10-,11+. The highest BCUT2D eigenvalue weighted by molar-refractivity contribution is 5.92. The number of nitrogens with zero attached hydrogens (tertiary/aromatic N) is 2. The third kappa shape index (κ3) is 4.06. The quantitative estimate of drug-likeness (QED) is 0.864. The first-order chi connectivity index (χ1) is 9.04. The molecule has 5 nitrogen and oxygen atoms in total. The Morgan fingerprint density at radius 1 is 1.47 bits per heavy atom. The van der Waals surface area contributed by atoms with Crippen molar-refractivity contribution < 1.29 is 4.79 Å². The monoisotopic (exact) mass is 264 g/mol. The number of aryl methyl sites for hydroxylation is 1. The summed E-state index contributed by atoms with van der Waals surface area (Å²) >= 11 is 0. The van der Waals surface area contributed by atoms with Gasteiger partial charge in [0.25, 0.3) is 5.91 Å². The van der Waals surface area contributed by atoms with Crippen LogP contribution in [0, 0.1) is 18.8 Å². The summed E-state index contributed by atoms with van der Waals surface area (Å²) in [4.78, 5) is 14.3. The van der Waals surface area contributed by atoms with Crippen LogP contribution in [0.3, 0.4) is 0 Å². The third-order valence-electron chi connectivity index (χ3n) is 3.60. The van der Waals surface area contributed by atoms with E-state index in [0.717, 1.165) is 37.2 Å². The summed E-state index contributed by atoms with van der Waals surface area (Å²) in [6, 6.07) is 1.76. The Labute approximate surface area is 114 Å². The van der Waals surface area contributed by atoms with E-state index in [1.807, 2.05) is 6.92 Å². The van der Waals surface area contributed by atoms with E-state index in [-0.39, 0.29) is 5.91 Å². The van der Waals surface area contributed by atoms with Gasteiger partial charge in [-0.2, -0.15) is 5.10 Å². The highest BCUT2D eigenvalue weighted by Gasteiger charge is 2.21. The molecule has 1 amide bonds. The van der Waals surface area contributed by atoms with Crippen LogP contribution >= 0.6 is 0 Å². The maximum absolute atomic E-state index is 11.8. The number of aromatic nitrogens is 2. The summed E-state index contributed by atoms with van der Waals surface area (Å²) in [7, 11) is 0. The fraction of sp³-hybridized carbons (Fsp3) is 0.714. The molecule has 1 saturated heterocycles. The molecule has 0 spiro atoms. The van der Waals surface area contributed by atoms with Crippen molar-refractivity contribution in [2.75, 3.05) is 26.2 Å². The molecule has 0 bridgehead atoms. The summed E-state index contributed by atoms with van der Waals surface area (Å²) in [5, 5.41) is 9.66. The normalized spacial score (nSPS) is 24.4. The van der Waals surface area contributed by atoms with Crippen molar-refractivity contribution in [3.8, 4) is 0 Å². The number of carbonyl (C=O) groups is 1. The molecule has 2 N–H and O–H groups in total. The number of piperidine rings is 1. The average molecular weight is 264 g/mol. The summed E-state index contributed by atoms with van der Waals surface area (Å²) in [6.45, 7) is 10.4. The van der Waals surface area contributed by atoms with Crippen molar-refractivity contribution in [2.45, 2.75) is 27.2 Å². The van der Waals surface area contributed by atoms with E-state index in [1.54, 1.807) is 6.07 Å². The second-order valence-corrected chi connectivity index (χ2v) is 5.90. The van der Waals surface area contributed by atoms with Crippen molar-refractivity contribution in [1.82, 2.24) is 20.4 Å². The van der Waals surface area contributed by atoms with Crippen molar-refractivity contribution >= 4 is 5.91 Å². The average Bonchev–Trinajstić information content (AvgIpc) is 2.74. The Kier molecular flexibility index (Phi) is 4.58. The number of H-pyrrole nitrogens is 1. The minimum atomic E-state index is -0.0949. The number of hydrogen-bond acceptors (Lipinski definition) is 3. The number of hydrogen-bond donors (Lipinski definition) is 2. The van der Waals surface area contributed by atoms with Crippen LogP contribution in [0.1, 0.15) is 36.5 Å². The Balaban J connectivity index is 1.73. The molecule has 0 saturated carbocycles. The van der Waals surface area contributed by atoms with Gasteiger partial charge >= 0.3 is 0 Å². The fourth-order valence-electron chi connectivity index (χ4n) is 2.93. The Morgan fingerprint density at radius 2 is 2.16 bits per heavy atom. The summed E-state index contributed by atoms with van der Waals surface area (Å²) in [5.41, 5.74) is 1.38. The number of nitrogens with one attached hydrogen (secondary N) is 2. The molecular formula is C14H24N4O. The summed E-state index contributed by atoms with van der Waals surface area (Å²) < 4.78 is 0. The zero-order chi connectivity index (χ0) is 13.8. The summed E-state index contributed by atoms with van der Waals surface area (Å²) in [5.74, 6) is 1.42. The van der Waals surface area contributed by atoms with Gasteiger partial charge in [0, 0.05) is 31.9 Å². The number of amides is 1. The van der Waals surface area contributed by atoms with Gasteiger partial charge in [0.15, 0.2) is 0 Å². The van der Waals surface area contributed by atoms with Gasteiger partial charge in [-0.15, -0.1) is 0 Å². The van der Waals surface area contributed by atoms with Gasteiger partial charge in [-0.1, -0.05) is 13.8 Å². The first kappa shape index (κ1) is 14.1. The molecule has 2 atom stereocenters. The minimum absolute atomic E-state index is 0.0949. The molecule has 2 heterocycles. The number of rotatable bonds is 4. The van der Waals surface area contributed by atoms with E-state index in [9.17, 15) is 4.79 Å². The zero-order valence-corrected chi connectivity index (χ0v) is 12.1. The van der Waals surface area contributed by atoms with Crippen molar-refractivity contribution in [1.29, 1.82) is 0 Å². The molecule has 106 valence electrons. The second-order valence-electron chi connectivity index (χ2n) is 5.90. The predicted octanol–water partition coefficient (Wildman–Crippen LogP) is 1.43. The van der Waals surface area contributed by atoms with E-state index in [4.69, 9.17) is 0 Å². The van der Waals surface area contributed by atoms with Crippen LogP contribution in [0.4, 0.5) is 0 Å². The molecule has 0 radical (unpaired) electrons. The third-order valence-corrected chi connectivity index (χ3v) is 3.60. The van der Waals surface area contributed by atoms with Crippen LogP contribution in [0.15, 0.2) is 6.07 Å². The zero-order valence-electron chi connectivity index (χ0n) is 12.1. The SMILES string of the molecule is Cc1cc(C(=O)NCCN2C[C@H](C)C[C@H](C)C2)n[nH]1.